The van der Waals surface area contributed by atoms with Crippen LogP contribution in [-0.4, -0.2) is 46.0 Å². The monoisotopic (exact) mass is 334 g/mol. The molecule has 1 aliphatic rings. The van der Waals surface area contributed by atoms with Crippen molar-refractivity contribution in [3.63, 3.8) is 0 Å². The fourth-order valence-electron chi connectivity index (χ4n) is 2.55. The van der Waals surface area contributed by atoms with Crippen molar-refractivity contribution in [1.29, 1.82) is 0 Å². The number of hydrogen-bond acceptors (Lipinski definition) is 5. The molecule has 0 aliphatic carbocycles. The molecule has 2 aromatic rings. The van der Waals surface area contributed by atoms with Crippen LogP contribution in [0.4, 0.5) is 4.39 Å². The number of halogens is 1. The van der Waals surface area contributed by atoms with E-state index >= 15 is 0 Å². The number of rotatable bonds is 6. The Labute approximate surface area is 138 Å². The number of aromatic nitrogens is 3. The Morgan fingerprint density at radius 2 is 2.42 bits per heavy atom. The van der Waals surface area contributed by atoms with Crippen molar-refractivity contribution in [2.75, 3.05) is 13.2 Å². The maximum atomic E-state index is 13.3. The summed E-state index contributed by atoms with van der Waals surface area (Å²) in [5, 5.41) is 6.88. The molecule has 1 fully saturated rings. The summed E-state index contributed by atoms with van der Waals surface area (Å²) in [6.45, 7) is 1.37. The lowest BCUT2D eigenvalue weighted by atomic mass is 10.1. The molecule has 128 valence electrons. The molecule has 1 saturated heterocycles. The van der Waals surface area contributed by atoms with Gasteiger partial charge in [0.05, 0.1) is 25.8 Å². The number of amides is 1. The third-order valence-corrected chi connectivity index (χ3v) is 3.76. The van der Waals surface area contributed by atoms with Crippen molar-refractivity contribution in [3.05, 3.63) is 42.7 Å². The second-order valence-corrected chi connectivity index (χ2v) is 5.56. The summed E-state index contributed by atoms with van der Waals surface area (Å²) < 4.78 is 26.1. The van der Waals surface area contributed by atoms with E-state index in [0.29, 0.717) is 31.9 Å². The van der Waals surface area contributed by atoms with E-state index in [2.05, 4.69) is 15.4 Å². The topological polar surface area (TPSA) is 78.3 Å². The normalized spacial score (nSPS) is 20.5. The third kappa shape index (κ3) is 4.51. The van der Waals surface area contributed by atoms with Crippen LogP contribution in [0.1, 0.15) is 12.8 Å². The largest absolute Gasteiger partial charge is 0.488 e. The number of carbonyl (C=O) groups excluding carboxylic acids is 1. The first-order chi connectivity index (χ1) is 11.7. The van der Waals surface area contributed by atoms with Crippen LogP contribution in [0.25, 0.3) is 0 Å². The molecule has 0 unspecified atom stereocenters. The zero-order valence-corrected chi connectivity index (χ0v) is 13.1. The second kappa shape index (κ2) is 7.87. The Hall–Kier alpha value is -2.48. The average Bonchev–Trinajstić information content (AvgIpc) is 3.08. The summed E-state index contributed by atoms with van der Waals surface area (Å²) in [5.41, 5.74) is 0. The molecule has 7 nitrogen and oxygen atoms in total. The number of hydrogen-bond donors (Lipinski definition) is 1. The highest BCUT2D eigenvalue weighted by molar-refractivity contribution is 5.76. The van der Waals surface area contributed by atoms with Crippen LogP contribution in [-0.2, 0) is 16.1 Å². The highest BCUT2D eigenvalue weighted by Crippen LogP contribution is 2.19. The van der Waals surface area contributed by atoms with Crippen LogP contribution in [0, 0.1) is 5.82 Å². The van der Waals surface area contributed by atoms with Gasteiger partial charge < -0.3 is 14.8 Å². The summed E-state index contributed by atoms with van der Waals surface area (Å²) in [7, 11) is 0. The van der Waals surface area contributed by atoms with Gasteiger partial charge in [-0.25, -0.2) is 9.37 Å². The van der Waals surface area contributed by atoms with E-state index in [1.807, 2.05) is 0 Å². The first kappa shape index (κ1) is 16.4. The molecule has 0 radical (unpaired) electrons. The van der Waals surface area contributed by atoms with Crippen molar-refractivity contribution >= 4 is 5.91 Å². The molecule has 0 spiro atoms. The van der Waals surface area contributed by atoms with Gasteiger partial charge in [-0.2, -0.15) is 5.10 Å². The van der Waals surface area contributed by atoms with E-state index in [-0.39, 0.29) is 30.3 Å². The molecule has 2 atom stereocenters. The summed E-state index contributed by atoms with van der Waals surface area (Å²) >= 11 is 0. The molecule has 1 aliphatic heterocycles. The first-order valence-electron chi connectivity index (χ1n) is 7.82. The summed E-state index contributed by atoms with van der Waals surface area (Å²) in [4.78, 5) is 15.9. The van der Waals surface area contributed by atoms with Crippen molar-refractivity contribution in [1.82, 2.24) is 20.1 Å². The zero-order valence-electron chi connectivity index (χ0n) is 13.1. The molecule has 1 amide bonds. The molecule has 2 heterocycles. The number of nitrogens with one attached hydrogen (secondary N) is 1. The summed E-state index contributed by atoms with van der Waals surface area (Å²) in [6, 6.07) is 5.71. The van der Waals surface area contributed by atoms with Gasteiger partial charge in [0.1, 0.15) is 30.3 Å². The van der Waals surface area contributed by atoms with Gasteiger partial charge >= 0.3 is 0 Å². The van der Waals surface area contributed by atoms with E-state index in [4.69, 9.17) is 9.47 Å². The maximum absolute atomic E-state index is 13.3. The third-order valence-electron chi connectivity index (χ3n) is 3.76. The van der Waals surface area contributed by atoms with Gasteiger partial charge in [0.25, 0.3) is 0 Å². The van der Waals surface area contributed by atoms with Gasteiger partial charge in [-0.1, -0.05) is 6.07 Å². The van der Waals surface area contributed by atoms with Gasteiger partial charge in [0, 0.05) is 18.9 Å². The lowest BCUT2D eigenvalue weighted by Crippen LogP contribution is -2.51. The van der Waals surface area contributed by atoms with Gasteiger partial charge in [-0.3, -0.25) is 9.48 Å². The second-order valence-electron chi connectivity index (χ2n) is 5.56. The van der Waals surface area contributed by atoms with Crippen LogP contribution < -0.4 is 10.1 Å². The van der Waals surface area contributed by atoms with Crippen LogP contribution in [0.2, 0.25) is 0 Å². The highest BCUT2D eigenvalue weighted by atomic mass is 19.1. The van der Waals surface area contributed by atoms with E-state index < -0.39 is 0 Å². The lowest BCUT2D eigenvalue weighted by molar-refractivity contribution is -0.124. The smallest absolute Gasteiger partial charge is 0.222 e. The van der Waals surface area contributed by atoms with Crippen molar-refractivity contribution < 1.29 is 18.7 Å². The molecule has 1 N–H and O–H groups in total. The van der Waals surface area contributed by atoms with E-state index in [0.717, 1.165) is 0 Å². The van der Waals surface area contributed by atoms with Crippen LogP contribution in [0.15, 0.2) is 36.9 Å². The molecule has 0 saturated carbocycles. The minimum Gasteiger partial charge on any atom is -0.488 e. The fourth-order valence-corrected chi connectivity index (χ4v) is 2.55. The van der Waals surface area contributed by atoms with Gasteiger partial charge in [-0.15, -0.1) is 0 Å². The Morgan fingerprint density at radius 1 is 1.50 bits per heavy atom. The van der Waals surface area contributed by atoms with Gasteiger partial charge in [0.15, 0.2) is 0 Å². The quantitative estimate of drug-likeness (QED) is 0.858. The molecule has 1 aromatic carbocycles. The highest BCUT2D eigenvalue weighted by Gasteiger charge is 2.29. The number of aryl methyl sites for hydroxylation is 1. The molecular weight excluding hydrogens is 315 g/mol. The Morgan fingerprint density at radius 3 is 3.21 bits per heavy atom. The standard InChI is InChI=1S/C16H19FN4O3/c17-12-2-1-3-13(8-12)24-15-5-7-23-9-14(15)20-16(22)4-6-21-11-18-10-19-21/h1-3,8,10-11,14-15H,4-7,9H2,(H,20,22)/t14-,15+/m1/s1. The molecule has 8 heteroatoms. The van der Waals surface area contributed by atoms with Crippen LogP contribution in [0.3, 0.4) is 0 Å². The number of benzene rings is 1. The Bertz CT molecular complexity index is 665. The summed E-state index contributed by atoms with van der Waals surface area (Å²) in [5.74, 6) is -0.0226. The maximum Gasteiger partial charge on any atom is 0.222 e. The predicted molar refractivity (Wildman–Crippen MR) is 82.8 cm³/mol. The van der Waals surface area contributed by atoms with Crippen LogP contribution >= 0.6 is 0 Å². The lowest BCUT2D eigenvalue weighted by Gasteiger charge is -2.32. The van der Waals surface area contributed by atoms with Gasteiger partial charge in [-0.05, 0) is 12.1 Å². The SMILES string of the molecule is O=C(CCn1cncn1)N[C@@H]1COCC[C@@H]1Oc1cccc(F)c1. The van der Waals surface area contributed by atoms with E-state index in [1.54, 1.807) is 23.1 Å². The Kier molecular flexibility index (Phi) is 5.37. The molecule has 0 bridgehead atoms. The zero-order chi connectivity index (χ0) is 16.8. The predicted octanol–water partition coefficient (Wildman–Crippen LogP) is 1.16. The van der Waals surface area contributed by atoms with Crippen LogP contribution in [0.5, 0.6) is 5.75 Å². The molecule has 24 heavy (non-hydrogen) atoms. The average molecular weight is 334 g/mol. The number of carbonyl (C=O) groups is 1. The number of nitrogens with zero attached hydrogens (tertiary/aromatic N) is 3. The fraction of sp³-hybridized carbons (Fsp3) is 0.438. The number of ether oxygens (including phenoxy) is 2. The van der Waals surface area contributed by atoms with Gasteiger partial charge in [0.2, 0.25) is 5.91 Å². The minimum absolute atomic E-state index is 0.117. The molecule has 3 rings (SSSR count). The van der Waals surface area contributed by atoms with E-state index in [9.17, 15) is 9.18 Å². The van der Waals surface area contributed by atoms with Crippen molar-refractivity contribution in [2.45, 2.75) is 31.5 Å². The van der Waals surface area contributed by atoms with E-state index in [1.165, 1.54) is 18.5 Å². The molecule has 1 aromatic heterocycles. The Balaban J connectivity index is 1.54. The van der Waals surface area contributed by atoms with Crippen molar-refractivity contribution in [3.8, 4) is 5.75 Å². The van der Waals surface area contributed by atoms with Crippen molar-refractivity contribution in [2.24, 2.45) is 0 Å². The first-order valence-corrected chi connectivity index (χ1v) is 7.82. The minimum atomic E-state index is -0.354. The summed E-state index contributed by atoms with van der Waals surface area (Å²) in [6.07, 6.45) is 3.65. The molecular formula is C16H19FN4O3.